The van der Waals surface area contributed by atoms with Crippen LogP contribution in [0.15, 0.2) is 97.2 Å². The van der Waals surface area contributed by atoms with Crippen molar-refractivity contribution < 1.29 is 24.2 Å². The number of aliphatic hydroxyl groups is 1. The van der Waals surface area contributed by atoms with Crippen molar-refractivity contribution in [2.75, 3.05) is 13.2 Å². The summed E-state index contributed by atoms with van der Waals surface area (Å²) in [5, 5.41) is 9.64. The molecule has 0 aromatic carbocycles. The van der Waals surface area contributed by atoms with Gasteiger partial charge in [0, 0.05) is 12.8 Å². The summed E-state index contributed by atoms with van der Waals surface area (Å²) in [5.74, 6) is -0.598. The smallest absolute Gasteiger partial charge is 0.306 e. The van der Waals surface area contributed by atoms with Crippen molar-refractivity contribution in [2.24, 2.45) is 0 Å². The highest BCUT2D eigenvalue weighted by atomic mass is 16.6. The zero-order valence-corrected chi connectivity index (χ0v) is 42.5. The molecule has 0 heterocycles. The van der Waals surface area contributed by atoms with Gasteiger partial charge in [-0.3, -0.25) is 9.59 Å². The second-order valence-corrected chi connectivity index (χ2v) is 17.9. The molecule has 0 aliphatic heterocycles. The fourth-order valence-corrected chi connectivity index (χ4v) is 7.53. The second-order valence-electron chi connectivity index (χ2n) is 17.9. The number of hydrogen-bond donors (Lipinski definition) is 1. The van der Waals surface area contributed by atoms with Crippen LogP contribution in [0.3, 0.4) is 0 Å². The van der Waals surface area contributed by atoms with E-state index in [-0.39, 0.29) is 25.2 Å². The molecule has 0 aliphatic rings. The van der Waals surface area contributed by atoms with Gasteiger partial charge in [0.15, 0.2) is 6.10 Å². The number of esters is 2. The Bertz CT molecular complexity index is 1250. The molecule has 0 amide bonds. The SMILES string of the molecule is CC/C=C\C/C=C\C/C=C\C/C=C\C/C=C\C/C=C\C/C=C\CCCCCCCCCCCCCC(=O)OC(CO)COC(=O)CCCCCCCCC/C=C\CCCCCCCCC. The van der Waals surface area contributed by atoms with E-state index in [1.165, 1.54) is 141 Å². The van der Waals surface area contributed by atoms with Crippen molar-refractivity contribution in [1.29, 1.82) is 0 Å². The molecule has 372 valence electrons. The van der Waals surface area contributed by atoms with Crippen LogP contribution in [-0.2, 0) is 19.1 Å². The first-order chi connectivity index (χ1) is 32.1. The number of aliphatic hydroxyl groups excluding tert-OH is 1. The molecule has 0 aromatic rings. The molecule has 65 heavy (non-hydrogen) atoms. The van der Waals surface area contributed by atoms with Crippen LogP contribution < -0.4 is 0 Å². The maximum Gasteiger partial charge on any atom is 0.306 e. The molecule has 1 unspecified atom stereocenters. The van der Waals surface area contributed by atoms with E-state index < -0.39 is 6.10 Å². The van der Waals surface area contributed by atoms with Crippen LogP contribution in [0, 0.1) is 0 Å². The van der Waals surface area contributed by atoms with E-state index in [4.69, 9.17) is 9.47 Å². The maximum atomic E-state index is 12.3. The molecule has 0 saturated heterocycles. The van der Waals surface area contributed by atoms with Gasteiger partial charge in [0.1, 0.15) is 6.61 Å². The summed E-state index contributed by atoms with van der Waals surface area (Å²) in [6, 6.07) is 0. The number of allylic oxidation sites excluding steroid dienone is 16. The summed E-state index contributed by atoms with van der Waals surface area (Å²) < 4.78 is 10.7. The lowest BCUT2D eigenvalue weighted by atomic mass is 10.0. The molecule has 0 aromatic heterocycles. The molecule has 1 atom stereocenters. The molecule has 5 nitrogen and oxygen atoms in total. The normalized spacial score (nSPS) is 13.0. The molecule has 0 spiro atoms. The highest BCUT2D eigenvalue weighted by molar-refractivity contribution is 5.70. The minimum Gasteiger partial charge on any atom is -0.462 e. The molecule has 0 fully saturated rings. The Balaban J connectivity index is 3.54. The summed E-state index contributed by atoms with van der Waals surface area (Å²) in [6.07, 6.45) is 77.9. The fourth-order valence-electron chi connectivity index (χ4n) is 7.53. The second kappa shape index (κ2) is 55.1. The van der Waals surface area contributed by atoms with Gasteiger partial charge in [-0.25, -0.2) is 0 Å². The van der Waals surface area contributed by atoms with Gasteiger partial charge in [0.2, 0.25) is 0 Å². The van der Waals surface area contributed by atoms with Crippen LogP contribution in [-0.4, -0.2) is 36.4 Å². The summed E-state index contributed by atoms with van der Waals surface area (Å²) in [4.78, 5) is 24.5. The zero-order valence-electron chi connectivity index (χ0n) is 42.5. The highest BCUT2D eigenvalue weighted by Crippen LogP contribution is 2.15. The van der Waals surface area contributed by atoms with Crippen molar-refractivity contribution in [1.82, 2.24) is 0 Å². The Kier molecular flexibility index (Phi) is 52.5. The maximum absolute atomic E-state index is 12.3. The molecule has 1 N–H and O–H groups in total. The van der Waals surface area contributed by atoms with Crippen molar-refractivity contribution in [3.05, 3.63) is 97.2 Å². The highest BCUT2D eigenvalue weighted by Gasteiger charge is 2.16. The molecular weight excluding hydrogens is 801 g/mol. The summed E-state index contributed by atoms with van der Waals surface area (Å²) >= 11 is 0. The summed E-state index contributed by atoms with van der Waals surface area (Å²) in [5.41, 5.74) is 0. The Morgan fingerprint density at radius 2 is 0.662 bits per heavy atom. The van der Waals surface area contributed by atoms with Gasteiger partial charge in [-0.2, -0.15) is 0 Å². The minimum atomic E-state index is -0.780. The predicted molar refractivity (Wildman–Crippen MR) is 283 cm³/mol. The van der Waals surface area contributed by atoms with Gasteiger partial charge in [-0.05, 0) is 96.3 Å². The lowest BCUT2D eigenvalue weighted by Gasteiger charge is -2.15. The zero-order chi connectivity index (χ0) is 47.0. The third kappa shape index (κ3) is 53.3. The third-order valence-electron chi connectivity index (χ3n) is 11.6. The third-order valence-corrected chi connectivity index (χ3v) is 11.6. The first kappa shape index (κ1) is 61.8. The van der Waals surface area contributed by atoms with E-state index in [0.29, 0.717) is 12.8 Å². The number of hydrogen-bond acceptors (Lipinski definition) is 5. The van der Waals surface area contributed by atoms with Crippen LogP contribution in [0.4, 0.5) is 0 Å². The molecule has 5 heteroatoms. The van der Waals surface area contributed by atoms with Crippen LogP contribution >= 0.6 is 0 Å². The average Bonchev–Trinajstić information content (AvgIpc) is 3.31. The Morgan fingerprint density at radius 1 is 0.369 bits per heavy atom. The van der Waals surface area contributed by atoms with Crippen LogP contribution in [0.25, 0.3) is 0 Å². The van der Waals surface area contributed by atoms with E-state index in [1.807, 2.05) is 0 Å². The van der Waals surface area contributed by atoms with Gasteiger partial charge in [0.05, 0.1) is 6.61 Å². The first-order valence-electron chi connectivity index (χ1n) is 27.3. The first-order valence-corrected chi connectivity index (χ1v) is 27.3. The van der Waals surface area contributed by atoms with Crippen molar-refractivity contribution in [2.45, 2.75) is 258 Å². The molecule has 0 bridgehead atoms. The monoisotopic (exact) mass is 903 g/mol. The standard InChI is InChI=1S/C60H102O5/c1-3-5-7-9-11-13-15-17-19-21-23-24-25-26-27-28-29-30-31-32-33-34-35-36-37-39-41-43-45-47-49-51-53-55-60(63)65-58(56-61)57-64-59(62)54-52-50-48-46-44-42-40-38-22-20-18-16-14-12-10-8-6-4-2/h5,7,11,13,17,19-20,22-24,26-27,29-30,32-33,58,61H,3-4,6,8-10,12,14-16,18,21,25,28,31,34-57H2,1-2H3/b7-5-,13-11-,19-17-,22-20-,24-23-,27-26-,30-29-,33-32-. The Hall–Kier alpha value is -3.18. The van der Waals surface area contributed by atoms with Gasteiger partial charge in [0.25, 0.3) is 0 Å². The quantitative estimate of drug-likeness (QED) is 0.0374. The van der Waals surface area contributed by atoms with Crippen molar-refractivity contribution in [3.63, 3.8) is 0 Å². The van der Waals surface area contributed by atoms with E-state index in [2.05, 4.69) is 111 Å². The molecule has 0 rings (SSSR count). The van der Waals surface area contributed by atoms with Crippen LogP contribution in [0.5, 0.6) is 0 Å². The lowest BCUT2D eigenvalue weighted by molar-refractivity contribution is -0.161. The topological polar surface area (TPSA) is 72.8 Å². The van der Waals surface area contributed by atoms with Gasteiger partial charge in [-0.1, -0.05) is 239 Å². The number of carbonyl (C=O) groups is 2. The minimum absolute atomic E-state index is 0.0721. The average molecular weight is 903 g/mol. The van der Waals surface area contributed by atoms with Crippen LogP contribution in [0.1, 0.15) is 251 Å². The number of carbonyl (C=O) groups excluding carboxylic acids is 2. The van der Waals surface area contributed by atoms with Crippen molar-refractivity contribution in [3.8, 4) is 0 Å². The number of unbranched alkanes of at least 4 members (excludes halogenated alkanes) is 25. The summed E-state index contributed by atoms with van der Waals surface area (Å²) in [7, 11) is 0. The number of rotatable bonds is 49. The predicted octanol–water partition coefficient (Wildman–Crippen LogP) is 18.4. The fraction of sp³-hybridized carbons (Fsp3) is 0.700. The van der Waals surface area contributed by atoms with E-state index in [1.54, 1.807) is 0 Å². The summed E-state index contributed by atoms with van der Waals surface area (Å²) in [6.45, 7) is 4.03. The van der Waals surface area contributed by atoms with E-state index >= 15 is 0 Å². The van der Waals surface area contributed by atoms with Crippen LogP contribution in [0.2, 0.25) is 0 Å². The molecular formula is C60H102O5. The van der Waals surface area contributed by atoms with E-state index in [0.717, 1.165) is 83.5 Å². The van der Waals surface area contributed by atoms with Gasteiger partial charge < -0.3 is 14.6 Å². The Labute approximate surface area is 402 Å². The van der Waals surface area contributed by atoms with Crippen molar-refractivity contribution >= 4 is 11.9 Å². The number of ether oxygens (including phenoxy) is 2. The van der Waals surface area contributed by atoms with E-state index in [9.17, 15) is 14.7 Å². The lowest BCUT2D eigenvalue weighted by Crippen LogP contribution is -2.28. The van der Waals surface area contributed by atoms with Gasteiger partial charge >= 0.3 is 11.9 Å². The molecule has 0 radical (unpaired) electrons. The van der Waals surface area contributed by atoms with Gasteiger partial charge in [-0.15, -0.1) is 0 Å². The molecule has 0 saturated carbocycles. The largest absolute Gasteiger partial charge is 0.462 e. The Morgan fingerprint density at radius 3 is 1.02 bits per heavy atom. The molecule has 0 aliphatic carbocycles.